The van der Waals surface area contributed by atoms with Gasteiger partial charge in [0.1, 0.15) is 5.15 Å². The zero-order valence-electron chi connectivity index (χ0n) is 8.92. The maximum Gasteiger partial charge on any atom is 0.260 e. The second-order valence-electron chi connectivity index (χ2n) is 3.25. The minimum atomic E-state index is -0.428. The van der Waals surface area contributed by atoms with E-state index in [4.69, 9.17) is 11.6 Å². The molecule has 0 aliphatic rings. The van der Waals surface area contributed by atoms with Crippen LogP contribution in [-0.2, 0) is 0 Å². The van der Waals surface area contributed by atoms with Crippen LogP contribution in [0.2, 0.25) is 5.15 Å². The normalized spacial score (nSPS) is 11.3. The summed E-state index contributed by atoms with van der Waals surface area (Å²) in [6.07, 6.45) is 1.46. The van der Waals surface area contributed by atoms with Crippen molar-refractivity contribution in [1.82, 2.24) is 9.88 Å². The van der Waals surface area contributed by atoms with E-state index in [1.165, 1.54) is 6.20 Å². The van der Waals surface area contributed by atoms with Gasteiger partial charge in [-0.25, -0.2) is 9.98 Å². The molecule has 0 radical (unpaired) electrons. The summed E-state index contributed by atoms with van der Waals surface area (Å²) < 4.78 is 0. The molecule has 86 valence electrons. The van der Waals surface area contributed by atoms with Crippen molar-refractivity contribution in [3.63, 3.8) is 0 Å². The van der Waals surface area contributed by atoms with E-state index in [1.807, 2.05) is 0 Å². The van der Waals surface area contributed by atoms with Crippen LogP contribution in [0.25, 0.3) is 0 Å². The number of hydrogen-bond acceptors (Lipinski definition) is 4. The minimum Gasteiger partial charge on any atom is -0.361 e. The Kier molecular flexibility index (Phi) is 4.19. The summed E-state index contributed by atoms with van der Waals surface area (Å²) in [6, 6.07) is 3.23. The predicted octanol–water partition coefficient (Wildman–Crippen LogP) is 1.60. The maximum atomic E-state index is 10.4. The standard InChI is InChI=1S/C9H11ClN4O2/c1-13(2)9(6-14(15)16)12-7-3-4-8(10)11-5-7/h3-5H,6H2,1-2H3. The second kappa shape index (κ2) is 5.41. The van der Waals surface area contributed by atoms with Crippen molar-refractivity contribution in [3.8, 4) is 0 Å². The van der Waals surface area contributed by atoms with E-state index in [0.717, 1.165) is 0 Å². The van der Waals surface area contributed by atoms with Crippen molar-refractivity contribution in [2.24, 2.45) is 4.99 Å². The Balaban J connectivity index is 2.93. The molecule has 0 aliphatic carbocycles. The van der Waals surface area contributed by atoms with E-state index in [0.29, 0.717) is 16.7 Å². The number of nitro groups is 1. The Bertz CT molecular complexity index is 402. The first-order chi connectivity index (χ1) is 7.49. The molecular weight excluding hydrogens is 232 g/mol. The van der Waals surface area contributed by atoms with E-state index in [2.05, 4.69) is 9.98 Å². The smallest absolute Gasteiger partial charge is 0.260 e. The third-order valence-corrected chi connectivity index (χ3v) is 1.98. The summed E-state index contributed by atoms with van der Waals surface area (Å²) >= 11 is 5.62. The number of amidine groups is 1. The molecule has 0 saturated heterocycles. The lowest BCUT2D eigenvalue weighted by Crippen LogP contribution is -2.28. The number of pyridine rings is 1. The van der Waals surface area contributed by atoms with Gasteiger partial charge in [-0.1, -0.05) is 11.6 Å². The minimum absolute atomic E-state index is 0.324. The number of rotatable bonds is 3. The van der Waals surface area contributed by atoms with Gasteiger partial charge in [-0.05, 0) is 12.1 Å². The molecule has 0 amide bonds. The monoisotopic (exact) mass is 242 g/mol. The summed E-state index contributed by atoms with van der Waals surface area (Å²) in [5, 5.41) is 10.8. The Hall–Kier alpha value is -1.69. The lowest BCUT2D eigenvalue weighted by Gasteiger charge is -2.11. The molecule has 1 rings (SSSR count). The zero-order chi connectivity index (χ0) is 12.1. The first kappa shape index (κ1) is 12.4. The van der Waals surface area contributed by atoms with Crippen LogP contribution in [0.5, 0.6) is 0 Å². The second-order valence-corrected chi connectivity index (χ2v) is 3.64. The van der Waals surface area contributed by atoms with Gasteiger partial charge in [-0.15, -0.1) is 0 Å². The molecule has 1 heterocycles. The van der Waals surface area contributed by atoms with Crippen molar-refractivity contribution in [3.05, 3.63) is 33.6 Å². The molecule has 0 bridgehead atoms. The van der Waals surface area contributed by atoms with Gasteiger partial charge in [0.2, 0.25) is 0 Å². The van der Waals surface area contributed by atoms with Gasteiger partial charge in [0.05, 0.1) is 11.9 Å². The molecule has 1 aromatic rings. The van der Waals surface area contributed by atoms with Gasteiger partial charge >= 0.3 is 0 Å². The molecule has 0 fully saturated rings. The third kappa shape index (κ3) is 3.82. The van der Waals surface area contributed by atoms with Crippen LogP contribution >= 0.6 is 11.6 Å². The summed E-state index contributed by atoms with van der Waals surface area (Å²) in [5.41, 5.74) is 0.537. The van der Waals surface area contributed by atoms with Crippen molar-refractivity contribution in [2.45, 2.75) is 0 Å². The molecule has 0 spiro atoms. The Morgan fingerprint density at radius 1 is 1.62 bits per heavy atom. The highest BCUT2D eigenvalue weighted by molar-refractivity contribution is 6.29. The number of halogens is 1. The average molecular weight is 243 g/mol. The fourth-order valence-electron chi connectivity index (χ4n) is 0.975. The van der Waals surface area contributed by atoms with Crippen LogP contribution in [0.15, 0.2) is 23.3 Å². The molecule has 16 heavy (non-hydrogen) atoms. The summed E-state index contributed by atoms with van der Waals surface area (Å²) in [7, 11) is 3.40. The predicted molar refractivity (Wildman–Crippen MR) is 61.9 cm³/mol. The lowest BCUT2D eigenvalue weighted by molar-refractivity contribution is -0.464. The fourth-order valence-corrected chi connectivity index (χ4v) is 1.09. The van der Waals surface area contributed by atoms with Crippen molar-refractivity contribution >= 4 is 23.1 Å². The van der Waals surface area contributed by atoms with E-state index in [9.17, 15) is 10.1 Å². The molecule has 1 aromatic heterocycles. The highest BCUT2D eigenvalue weighted by Crippen LogP contribution is 2.13. The molecule has 0 aliphatic heterocycles. The highest BCUT2D eigenvalue weighted by Gasteiger charge is 2.09. The SMILES string of the molecule is CN(C)C(C[N+](=O)[O-])=Nc1ccc(Cl)nc1. The van der Waals surface area contributed by atoms with Crippen LogP contribution in [0.1, 0.15) is 0 Å². The van der Waals surface area contributed by atoms with Gasteiger partial charge in [0.15, 0.2) is 5.84 Å². The average Bonchev–Trinajstić information content (AvgIpc) is 2.19. The zero-order valence-corrected chi connectivity index (χ0v) is 9.68. The first-order valence-electron chi connectivity index (χ1n) is 4.47. The van der Waals surface area contributed by atoms with E-state index >= 15 is 0 Å². The van der Waals surface area contributed by atoms with Crippen LogP contribution in [-0.4, -0.2) is 41.3 Å². The summed E-state index contributed by atoms with van der Waals surface area (Å²) in [6.45, 7) is -0.324. The van der Waals surface area contributed by atoms with E-state index in [1.54, 1.807) is 31.1 Å². The quantitative estimate of drug-likeness (QED) is 0.265. The van der Waals surface area contributed by atoms with Gasteiger partial charge in [-0.3, -0.25) is 10.1 Å². The maximum absolute atomic E-state index is 10.4. The third-order valence-electron chi connectivity index (χ3n) is 1.76. The molecule has 0 unspecified atom stereocenters. The van der Waals surface area contributed by atoms with Gasteiger partial charge in [0, 0.05) is 19.0 Å². The van der Waals surface area contributed by atoms with Crippen LogP contribution in [0.3, 0.4) is 0 Å². The number of hydrogen-bond donors (Lipinski definition) is 0. The topological polar surface area (TPSA) is 71.6 Å². The molecule has 6 nitrogen and oxygen atoms in total. The molecular formula is C9H11ClN4O2. The van der Waals surface area contributed by atoms with Crippen molar-refractivity contribution in [2.75, 3.05) is 20.6 Å². The van der Waals surface area contributed by atoms with Crippen LogP contribution in [0, 0.1) is 10.1 Å². The van der Waals surface area contributed by atoms with Crippen LogP contribution in [0.4, 0.5) is 5.69 Å². The number of likely N-dealkylation sites (N-methyl/N-ethyl adjacent to an activating group) is 1. The molecule has 0 atom stereocenters. The molecule has 0 aromatic carbocycles. The van der Waals surface area contributed by atoms with Crippen LogP contribution < -0.4 is 0 Å². The fraction of sp³-hybridized carbons (Fsp3) is 0.333. The number of aliphatic imine (C=N–C) groups is 1. The van der Waals surface area contributed by atoms with Crippen molar-refractivity contribution in [1.29, 1.82) is 0 Å². The lowest BCUT2D eigenvalue weighted by atomic mass is 10.4. The van der Waals surface area contributed by atoms with Crippen molar-refractivity contribution < 1.29 is 4.92 Å². The first-order valence-corrected chi connectivity index (χ1v) is 4.85. The van der Waals surface area contributed by atoms with Gasteiger partial charge in [0.25, 0.3) is 6.54 Å². The largest absolute Gasteiger partial charge is 0.361 e. The molecule has 0 saturated carbocycles. The molecule has 7 heteroatoms. The number of nitrogens with zero attached hydrogens (tertiary/aromatic N) is 4. The van der Waals surface area contributed by atoms with Gasteiger partial charge < -0.3 is 4.90 Å². The summed E-state index contributed by atoms with van der Waals surface area (Å²) in [4.78, 5) is 19.5. The Morgan fingerprint density at radius 2 is 2.31 bits per heavy atom. The molecule has 0 N–H and O–H groups in total. The Morgan fingerprint density at radius 3 is 2.75 bits per heavy atom. The summed E-state index contributed by atoms with van der Waals surface area (Å²) in [5.74, 6) is 0.356. The van der Waals surface area contributed by atoms with E-state index < -0.39 is 4.92 Å². The number of aromatic nitrogens is 1. The highest BCUT2D eigenvalue weighted by atomic mass is 35.5. The van der Waals surface area contributed by atoms with E-state index in [-0.39, 0.29) is 6.54 Å². The Labute approximate surface area is 97.7 Å². The van der Waals surface area contributed by atoms with Gasteiger partial charge in [-0.2, -0.15) is 0 Å².